The molecule has 19 heavy (non-hydrogen) atoms. The van der Waals surface area contributed by atoms with Gasteiger partial charge in [-0.2, -0.15) is 0 Å². The Bertz CT molecular complexity index is 392. The molecule has 0 radical (unpaired) electrons. The van der Waals surface area contributed by atoms with Crippen LogP contribution in [-0.4, -0.2) is 44.0 Å². The topological polar surface area (TPSA) is 55.4 Å². The van der Waals surface area contributed by atoms with Crippen LogP contribution in [0.15, 0.2) is 18.2 Å². The Kier molecular flexibility index (Phi) is 4.99. The van der Waals surface area contributed by atoms with E-state index in [1.165, 1.54) is 0 Å². The number of anilines is 2. The van der Waals surface area contributed by atoms with Crippen molar-refractivity contribution in [3.63, 3.8) is 0 Å². The molecule has 1 aromatic rings. The summed E-state index contributed by atoms with van der Waals surface area (Å²) >= 11 is 0. The zero-order valence-corrected chi connectivity index (χ0v) is 11.7. The first-order valence-corrected chi connectivity index (χ1v) is 6.86. The summed E-state index contributed by atoms with van der Waals surface area (Å²) in [4.78, 5) is 4.52. The third-order valence-electron chi connectivity index (χ3n) is 3.40. The number of methoxy groups -OCH3 is 1. The molecule has 1 aliphatic rings. The van der Waals surface area contributed by atoms with E-state index in [1.807, 2.05) is 18.2 Å². The number of pyridine rings is 1. The molecule has 1 atom stereocenters. The summed E-state index contributed by atoms with van der Waals surface area (Å²) in [5.41, 5.74) is -0.214. The van der Waals surface area contributed by atoms with Gasteiger partial charge >= 0.3 is 0 Å². The SMILES string of the molecule is CCCNc1cccc(NCC2(OC)CCOC2)n1. The number of ether oxygens (including phenoxy) is 2. The summed E-state index contributed by atoms with van der Waals surface area (Å²) in [6.45, 7) is 5.20. The number of nitrogens with one attached hydrogen (secondary N) is 2. The van der Waals surface area contributed by atoms with Crippen molar-refractivity contribution in [3.8, 4) is 0 Å². The van der Waals surface area contributed by atoms with Crippen molar-refractivity contribution in [2.75, 3.05) is 44.0 Å². The minimum atomic E-state index is -0.214. The van der Waals surface area contributed by atoms with Crippen LogP contribution in [0.25, 0.3) is 0 Å². The van der Waals surface area contributed by atoms with E-state index in [2.05, 4.69) is 22.5 Å². The van der Waals surface area contributed by atoms with Crippen LogP contribution >= 0.6 is 0 Å². The van der Waals surface area contributed by atoms with Crippen LogP contribution in [0.1, 0.15) is 19.8 Å². The first-order chi connectivity index (χ1) is 9.28. The van der Waals surface area contributed by atoms with Crippen LogP contribution in [-0.2, 0) is 9.47 Å². The maximum absolute atomic E-state index is 5.58. The molecule has 0 amide bonds. The predicted octanol–water partition coefficient (Wildman–Crippen LogP) is 2.12. The molecule has 1 aliphatic heterocycles. The Morgan fingerprint density at radius 1 is 1.37 bits per heavy atom. The smallest absolute Gasteiger partial charge is 0.128 e. The number of hydrogen-bond acceptors (Lipinski definition) is 5. The molecule has 2 rings (SSSR count). The molecule has 2 N–H and O–H groups in total. The lowest BCUT2D eigenvalue weighted by molar-refractivity contribution is -0.00625. The van der Waals surface area contributed by atoms with Crippen LogP contribution in [0.4, 0.5) is 11.6 Å². The van der Waals surface area contributed by atoms with Gasteiger partial charge in [-0.15, -0.1) is 0 Å². The Labute approximate surface area is 114 Å². The molecular formula is C14H23N3O2. The molecule has 5 nitrogen and oxygen atoms in total. The number of hydrogen-bond donors (Lipinski definition) is 2. The zero-order chi connectivity index (χ0) is 13.6. The van der Waals surface area contributed by atoms with Crippen LogP contribution < -0.4 is 10.6 Å². The highest BCUT2D eigenvalue weighted by atomic mass is 16.5. The van der Waals surface area contributed by atoms with Gasteiger partial charge in [-0.05, 0) is 18.6 Å². The van der Waals surface area contributed by atoms with Gasteiger partial charge in [0.1, 0.15) is 17.2 Å². The Hall–Kier alpha value is -1.33. The second kappa shape index (κ2) is 6.73. The molecule has 0 saturated carbocycles. The maximum Gasteiger partial charge on any atom is 0.128 e. The Balaban J connectivity index is 1.91. The van der Waals surface area contributed by atoms with Crippen LogP contribution in [0.5, 0.6) is 0 Å². The minimum Gasteiger partial charge on any atom is -0.378 e. The molecule has 2 heterocycles. The van der Waals surface area contributed by atoms with E-state index < -0.39 is 0 Å². The highest BCUT2D eigenvalue weighted by Gasteiger charge is 2.34. The molecule has 0 aliphatic carbocycles. The average Bonchev–Trinajstić information content (AvgIpc) is 2.93. The van der Waals surface area contributed by atoms with E-state index in [4.69, 9.17) is 9.47 Å². The first kappa shape index (κ1) is 14.1. The van der Waals surface area contributed by atoms with Crippen molar-refractivity contribution in [2.45, 2.75) is 25.4 Å². The predicted molar refractivity (Wildman–Crippen MR) is 76.7 cm³/mol. The number of rotatable bonds is 7. The van der Waals surface area contributed by atoms with Gasteiger partial charge in [0.2, 0.25) is 0 Å². The lowest BCUT2D eigenvalue weighted by Crippen LogP contribution is -2.39. The molecule has 5 heteroatoms. The number of aromatic nitrogens is 1. The van der Waals surface area contributed by atoms with Crippen molar-refractivity contribution in [1.29, 1.82) is 0 Å². The summed E-state index contributed by atoms with van der Waals surface area (Å²) in [6, 6.07) is 5.94. The third-order valence-corrected chi connectivity index (χ3v) is 3.40. The molecule has 0 aromatic carbocycles. The maximum atomic E-state index is 5.58. The van der Waals surface area contributed by atoms with Gasteiger partial charge in [0.25, 0.3) is 0 Å². The van der Waals surface area contributed by atoms with Gasteiger partial charge in [0.15, 0.2) is 0 Å². The molecule has 0 bridgehead atoms. The Morgan fingerprint density at radius 2 is 2.16 bits per heavy atom. The van der Waals surface area contributed by atoms with E-state index in [-0.39, 0.29) is 5.60 Å². The molecule has 1 unspecified atom stereocenters. The van der Waals surface area contributed by atoms with Gasteiger partial charge in [0, 0.05) is 33.2 Å². The lowest BCUT2D eigenvalue weighted by atomic mass is 10.0. The van der Waals surface area contributed by atoms with Crippen LogP contribution in [0, 0.1) is 0 Å². The highest BCUT2D eigenvalue weighted by Crippen LogP contribution is 2.23. The minimum absolute atomic E-state index is 0.214. The van der Waals surface area contributed by atoms with Gasteiger partial charge in [-0.1, -0.05) is 13.0 Å². The summed E-state index contributed by atoms with van der Waals surface area (Å²) in [5, 5.41) is 6.62. The summed E-state index contributed by atoms with van der Waals surface area (Å²) in [5.74, 6) is 1.77. The molecule has 1 saturated heterocycles. The normalized spacial score (nSPS) is 22.4. The molecule has 1 fully saturated rings. The van der Waals surface area contributed by atoms with E-state index >= 15 is 0 Å². The molecule has 0 spiro atoms. The Morgan fingerprint density at radius 3 is 2.79 bits per heavy atom. The van der Waals surface area contributed by atoms with Crippen LogP contribution in [0.3, 0.4) is 0 Å². The summed E-state index contributed by atoms with van der Waals surface area (Å²) in [6.07, 6.45) is 2.01. The molecule has 1 aromatic heterocycles. The standard InChI is InChI=1S/C14H23N3O2/c1-3-8-15-12-5-4-6-13(17-12)16-10-14(18-2)7-9-19-11-14/h4-6H,3,7-11H2,1-2H3,(H2,15,16,17). The highest BCUT2D eigenvalue weighted by molar-refractivity contribution is 5.45. The molecular weight excluding hydrogens is 242 g/mol. The van der Waals surface area contributed by atoms with E-state index in [0.717, 1.165) is 37.6 Å². The quantitative estimate of drug-likeness (QED) is 0.791. The second-order valence-corrected chi connectivity index (χ2v) is 4.88. The second-order valence-electron chi connectivity index (χ2n) is 4.88. The first-order valence-electron chi connectivity index (χ1n) is 6.86. The van der Waals surface area contributed by atoms with E-state index in [1.54, 1.807) is 7.11 Å². The molecule has 106 valence electrons. The van der Waals surface area contributed by atoms with Crippen molar-refractivity contribution >= 4 is 11.6 Å². The largest absolute Gasteiger partial charge is 0.378 e. The van der Waals surface area contributed by atoms with E-state index in [9.17, 15) is 0 Å². The summed E-state index contributed by atoms with van der Waals surface area (Å²) in [7, 11) is 1.74. The average molecular weight is 265 g/mol. The fourth-order valence-electron chi connectivity index (χ4n) is 2.10. The lowest BCUT2D eigenvalue weighted by Gasteiger charge is -2.26. The van der Waals surface area contributed by atoms with E-state index in [0.29, 0.717) is 13.2 Å². The van der Waals surface area contributed by atoms with Crippen molar-refractivity contribution in [2.24, 2.45) is 0 Å². The van der Waals surface area contributed by atoms with Gasteiger partial charge in [0.05, 0.1) is 6.61 Å². The zero-order valence-electron chi connectivity index (χ0n) is 11.7. The van der Waals surface area contributed by atoms with Crippen molar-refractivity contribution < 1.29 is 9.47 Å². The van der Waals surface area contributed by atoms with Crippen molar-refractivity contribution in [1.82, 2.24) is 4.98 Å². The van der Waals surface area contributed by atoms with Gasteiger partial charge in [-0.3, -0.25) is 0 Å². The monoisotopic (exact) mass is 265 g/mol. The van der Waals surface area contributed by atoms with Gasteiger partial charge < -0.3 is 20.1 Å². The van der Waals surface area contributed by atoms with Gasteiger partial charge in [-0.25, -0.2) is 4.98 Å². The van der Waals surface area contributed by atoms with Crippen LogP contribution in [0.2, 0.25) is 0 Å². The third kappa shape index (κ3) is 3.81. The summed E-state index contributed by atoms with van der Waals surface area (Å²) < 4.78 is 11.0. The van der Waals surface area contributed by atoms with Crippen molar-refractivity contribution in [3.05, 3.63) is 18.2 Å². The number of nitrogens with zero attached hydrogens (tertiary/aromatic N) is 1. The fourth-order valence-corrected chi connectivity index (χ4v) is 2.10. The fraction of sp³-hybridized carbons (Fsp3) is 0.643.